The van der Waals surface area contributed by atoms with Gasteiger partial charge in [-0.15, -0.1) is 0 Å². The summed E-state index contributed by atoms with van der Waals surface area (Å²) in [5.74, 6) is 0.350. The first-order valence-corrected chi connectivity index (χ1v) is 9.98. The highest BCUT2D eigenvalue weighted by molar-refractivity contribution is 6.30. The first kappa shape index (κ1) is 18.7. The second-order valence-corrected chi connectivity index (χ2v) is 8.01. The lowest BCUT2D eigenvalue weighted by atomic mass is 9.97. The molecule has 0 saturated carbocycles. The van der Waals surface area contributed by atoms with Crippen LogP contribution in [0.15, 0.2) is 68.4 Å². The van der Waals surface area contributed by atoms with E-state index in [9.17, 15) is 9.59 Å². The van der Waals surface area contributed by atoms with Crippen LogP contribution in [-0.2, 0) is 6.54 Å². The molecule has 4 aromatic rings. The van der Waals surface area contributed by atoms with Crippen molar-refractivity contribution in [1.29, 1.82) is 0 Å². The molecule has 2 aromatic heterocycles. The molecule has 0 saturated heterocycles. The van der Waals surface area contributed by atoms with Crippen molar-refractivity contribution >= 4 is 28.5 Å². The number of nitrogens with zero attached hydrogens (tertiary/aromatic N) is 1. The van der Waals surface area contributed by atoms with Crippen LogP contribution in [0.25, 0.3) is 11.0 Å². The minimum atomic E-state index is -0.612. The van der Waals surface area contributed by atoms with Gasteiger partial charge in [0.25, 0.3) is 5.91 Å². The lowest BCUT2D eigenvalue weighted by Gasteiger charge is -2.24. The van der Waals surface area contributed by atoms with E-state index in [4.69, 9.17) is 20.4 Å². The second-order valence-electron chi connectivity index (χ2n) is 7.58. The molecule has 150 valence electrons. The van der Waals surface area contributed by atoms with E-state index in [2.05, 4.69) is 0 Å². The van der Waals surface area contributed by atoms with Gasteiger partial charge in [0.05, 0.1) is 29.8 Å². The average molecular weight is 420 g/mol. The topological polar surface area (TPSA) is 63.7 Å². The normalized spacial score (nSPS) is 15.8. The summed E-state index contributed by atoms with van der Waals surface area (Å²) >= 11 is 6.23. The molecule has 2 aromatic carbocycles. The zero-order valence-corrected chi connectivity index (χ0v) is 17.2. The average Bonchev–Trinajstić information content (AvgIpc) is 3.32. The van der Waals surface area contributed by atoms with Crippen molar-refractivity contribution in [1.82, 2.24) is 4.90 Å². The Kier molecular flexibility index (Phi) is 4.29. The van der Waals surface area contributed by atoms with E-state index in [0.717, 1.165) is 16.7 Å². The van der Waals surface area contributed by atoms with Gasteiger partial charge < -0.3 is 13.7 Å². The Morgan fingerprint density at radius 3 is 2.57 bits per heavy atom. The van der Waals surface area contributed by atoms with E-state index < -0.39 is 6.04 Å². The number of benzene rings is 2. The maximum atomic E-state index is 13.6. The molecule has 0 spiro atoms. The zero-order chi connectivity index (χ0) is 21.0. The highest BCUT2D eigenvalue weighted by Crippen LogP contribution is 2.40. The Hall–Kier alpha value is -3.31. The third-order valence-electron chi connectivity index (χ3n) is 5.65. The van der Waals surface area contributed by atoms with E-state index >= 15 is 0 Å². The fourth-order valence-corrected chi connectivity index (χ4v) is 4.23. The molecule has 30 heavy (non-hydrogen) atoms. The molecule has 3 heterocycles. The summed E-state index contributed by atoms with van der Waals surface area (Å²) in [6.07, 6.45) is 1.56. The van der Waals surface area contributed by atoms with Crippen LogP contribution in [-0.4, -0.2) is 10.8 Å². The molecule has 5 nitrogen and oxygen atoms in total. The molecule has 0 N–H and O–H groups in total. The second kappa shape index (κ2) is 6.89. The Balaban J connectivity index is 1.77. The smallest absolute Gasteiger partial charge is 0.291 e. The van der Waals surface area contributed by atoms with E-state index in [0.29, 0.717) is 27.3 Å². The number of hydrogen-bond donors (Lipinski definition) is 0. The van der Waals surface area contributed by atoms with Crippen LogP contribution in [0.5, 0.6) is 0 Å². The summed E-state index contributed by atoms with van der Waals surface area (Å²) < 4.78 is 11.5. The number of furan rings is 1. The van der Waals surface area contributed by atoms with Crippen molar-refractivity contribution in [3.63, 3.8) is 0 Å². The summed E-state index contributed by atoms with van der Waals surface area (Å²) in [7, 11) is 0. The number of carbonyl (C=O) groups excluding carboxylic acids is 1. The quantitative estimate of drug-likeness (QED) is 0.446. The molecule has 1 aliphatic heterocycles. The number of rotatable bonds is 3. The summed E-state index contributed by atoms with van der Waals surface area (Å²) in [5, 5.41) is 1.000. The van der Waals surface area contributed by atoms with Gasteiger partial charge in [-0.3, -0.25) is 9.59 Å². The molecule has 0 fully saturated rings. The summed E-state index contributed by atoms with van der Waals surface area (Å²) in [6, 6.07) is 13.8. The van der Waals surface area contributed by atoms with Gasteiger partial charge in [-0.2, -0.15) is 0 Å². The largest absolute Gasteiger partial charge is 0.467 e. The molecule has 0 aliphatic carbocycles. The van der Waals surface area contributed by atoms with E-state index in [1.807, 2.05) is 32.0 Å². The summed E-state index contributed by atoms with van der Waals surface area (Å²) in [4.78, 5) is 28.5. The van der Waals surface area contributed by atoms with Crippen molar-refractivity contribution in [3.05, 3.63) is 104 Å². The zero-order valence-electron chi connectivity index (χ0n) is 16.4. The van der Waals surface area contributed by atoms with Crippen LogP contribution >= 0.6 is 11.6 Å². The number of fused-ring (bicyclic) bond motifs is 2. The molecule has 6 heteroatoms. The van der Waals surface area contributed by atoms with Crippen LogP contribution in [0.1, 0.15) is 44.6 Å². The maximum Gasteiger partial charge on any atom is 0.291 e. The van der Waals surface area contributed by atoms with Gasteiger partial charge in [0.1, 0.15) is 11.3 Å². The van der Waals surface area contributed by atoms with E-state index in [-0.39, 0.29) is 23.6 Å². The maximum absolute atomic E-state index is 13.6. The Morgan fingerprint density at radius 1 is 1.03 bits per heavy atom. The Labute approximate surface area is 177 Å². The van der Waals surface area contributed by atoms with E-state index in [1.54, 1.807) is 41.5 Å². The van der Waals surface area contributed by atoms with Gasteiger partial charge in [-0.25, -0.2) is 0 Å². The first-order valence-electron chi connectivity index (χ1n) is 9.61. The lowest BCUT2D eigenvalue weighted by molar-refractivity contribution is 0.0701. The fraction of sp³-hybridized carbons (Fsp3) is 0.167. The molecule has 0 radical (unpaired) electrons. The summed E-state index contributed by atoms with van der Waals surface area (Å²) in [6.45, 7) is 4.10. The monoisotopic (exact) mass is 419 g/mol. The van der Waals surface area contributed by atoms with Gasteiger partial charge in [-0.1, -0.05) is 23.7 Å². The predicted molar refractivity (Wildman–Crippen MR) is 114 cm³/mol. The van der Waals surface area contributed by atoms with Crippen LogP contribution in [0.2, 0.25) is 5.02 Å². The minimum Gasteiger partial charge on any atom is -0.467 e. The van der Waals surface area contributed by atoms with Gasteiger partial charge in [0.2, 0.25) is 5.76 Å². The summed E-state index contributed by atoms with van der Waals surface area (Å²) in [5.41, 5.74) is 3.29. The molecule has 0 unspecified atom stereocenters. The molecule has 0 bridgehead atoms. The van der Waals surface area contributed by atoms with Gasteiger partial charge in [0.15, 0.2) is 5.43 Å². The molecule has 5 rings (SSSR count). The van der Waals surface area contributed by atoms with Crippen LogP contribution in [0.3, 0.4) is 0 Å². The Bertz CT molecular complexity index is 1350. The molecule has 1 aliphatic rings. The van der Waals surface area contributed by atoms with E-state index in [1.165, 1.54) is 0 Å². The molecule has 1 atom stereocenters. The van der Waals surface area contributed by atoms with Crippen molar-refractivity contribution in [2.24, 2.45) is 0 Å². The fourth-order valence-electron chi connectivity index (χ4n) is 4.03. The standard InChI is InChI=1S/C24H18ClNO4/c1-13-9-18-19(10-14(13)2)30-23-20(22(18)27)21(15-5-3-6-16(25)11-15)26(24(23)28)12-17-7-4-8-29-17/h3-11,21H,12H2,1-2H3/t21-/m1/s1. The van der Waals surface area contributed by atoms with Crippen molar-refractivity contribution in [3.8, 4) is 0 Å². The third-order valence-corrected chi connectivity index (χ3v) is 5.89. The minimum absolute atomic E-state index is 0.0762. The van der Waals surface area contributed by atoms with Crippen LogP contribution in [0, 0.1) is 13.8 Å². The van der Waals surface area contributed by atoms with Crippen molar-refractivity contribution in [2.45, 2.75) is 26.4 Å². The molecular weight excluding hydrogens is 402 g/mol. The van der Waals surface area contributed by atoms with Gasteiger partial charge in [0, 0.05) is 5.02 Å². The third kappa shape index (κ3) is 2.85. The number of carbonyl (C=O) groups is 1. The number of aryl methyl sites for hydroxylation is 2. The highest BCUT2D eigenvalue weighted by atomic mass is 35.5. The van der Waals surface area contributed by atoms with Crippen LogP contribution < -0.4 is 5.43 Å². The predicted octanol–water partition coefficient (Wildman–Crippen LogP) is 5.40. The van der Waals surface area contributed by atoms with Crippen molar-refractivity contribution in [2.75, 3.05) is 0 Å². The molecular formula is C24H18ClNO4. The Morgan fingerprint density at radius 2 is 1.83 bits per heavy atom. The van der Waals surface area contributed by atoms with Gasteiger partial charge >= 0.3 is 0 Å². The van der Waals surface area contributed by atoms with Crippen LogP contribution in [0.4, 0.5) is 0 Å². The van der Waals surface area contributed by atoms with Gasteiger partial charge in [-0.05, 0) is 66.9 Å². The number of hydrogen-bond acceptors (Lipinski definition) is 4. The SMILES string of the molecule is Cc1cc2oc3c(c(=O)c2cc1C)[C@@H](c1cccc(Cl)c1)N(Cc1ccco1)C3=O. The highest BCUT2D eigenvalue weighted by Gasteiger charge is 2.43. The lowest BCUT2D eigenvalue weighted by Crippen LogP contribution is -2.29. The van der Waals surface area contributed by atoms with Crippen molar-refractivity contribution < 1.29 is 13.6 Å². The number of amides is 1. The molecule has 1 amide bonds. The first-order chi connectivity index (χ1) is 14.4. The number of halogens is 1.